The van der Waals surface area contributed by atoms with Gasteiger partial charge in [0.2, 0.25) is 0 Å². The molecule has 0 saturated heterocycles. The molecule has 25 heavy (non-hydrogen) atoms. The zero-order valence-corrected chi connectivity index (χ0v) is 14.6. The fourth-order valence-corrected chi connectivity index (χ4v) is 2.63. The summed E-state index contributed by atoms with van der Waals surface area (Å²) in [7, 11) is 0. The average Bonchev–Trinajstić information content (AvgIpc) is 2.65. The van der Waals surface area contributed by atoms with Crippen molar-refractivity contribution in [1.29, 1.82) is 0 Å². The van der Waals surface area contributed by atoms with Crippen LogP contribution in [0.4, 0.5) is 0 Å². The second kappa shape index (κ2) is 7.97. The van der Waals surface area contributed by atoms with Crippen LogP contribution in [0.15, 0.2) is 77.9 Å². The predicted molar refractivity (Wildman–Crippen MR) is 103 cm³/mol. The van der Waals surface area contributed by atoms with E-state index in [0.29, 0.717) is 21.2 Å². The summed E-state index contributed by atoms with van der Waals surface area (Å²) in [5, 5.41) is 4.99. The molecule has 3 aromatic rings. The molecule has 0 atom stereocenters. The minimum absolute atomic E-state index is 0.297. The highest BCUT2D eigenvalue weighted by Gasteiger charge is 2.05. The normalized spacial score (nSPS) is 10.8. The summed E-state index contributed by atoms with van der Waals surface area (Å²) in [6.07, 6.45) is 1.46. The van der Waals surface area contributed by atoms with E-state index in [9.17, 15) is 4.79 Å². The number of hydrogen-bond donors (Lipinski definition) is 1. The van der Waals surface area contributed by atoms with Crippen LogP contribution in [0.1, 0.15) is 15.9 Å². The standard InChI is InChI=1S/C20H14Cl2N2O/c21-18-10-11-19(22)17(12-18)13-23-24-20(25)16-8-6-15(7-9-16)14-4-2-1-3-5-14/h1-13H,(H,24,25). The number of benzene rings is 3. The van der Waals surface area contributed by atoms with Gasteiger partial charge in [-0.1, -0.05) is 65.7 Å². The predicted octanol–water partition coefficient (Wildman–Crippen LogP) is 5.42. The van der Waals surface area contributed by atoms with Gasteiger partial charge in [-0.05, 0) is 41.5 Å². The molecule has 3 aromatic carbocycles. The minimum atomic E-state index is -0.297. The number of nitrogens with zero attached hydrogens (tertiary/aromatic N) is 1. The lowest BCUT2D eigenvalue weighted by Gasteiger charge is -2.04. The maximum atomic E-state index is 12.2. The number of amides is 1. The van der Waals surface area contributed by atoms with Gasteiger partial charge in [0.15, 0.2) is 0 Å². The van der Waals surface area contributed by atoms with Gasteiger partial charge in [0.25, 0.3) is 5.91 Å². The Bertz CT molecular complexity index is 907. The third-order valence-electron chi connectivity index (χ3n) is 3.58. The van der Waals surface area contributed by atoms with Gasteiger partial charge >= 0.3 is 0 Å². The fraction of sp³-hybridized carbons (Fsp3) is 0. The lowest BCUT2D eigenvalue weighted by molar-refractivity contribution is 0.0955. The Morgan fingerprint density at radius 2 is 1.56 bits per heavy atom. The molecule has 0 heterocycles. The van der Waals surface area contributed by atoms with Crippen molar-refractivity contribution in [3.8, 4) is 11.1 Å². The zero-order chi connectivity index (χ0) is 17.6. The van der Waals surface area contributed by atoms with E-state index in [1.165, 1.54) is 6.21 Å². The van der Waals surface area contributed by atoms with Crippen molar-refractivity contribution in [2.24, 2.45) is 5.10 Å². The number of carbonyl (C=O) groups is 1. The van der Waals surface area contributed by atoms with Crippen molar-refractivity contribution < 1.29 is 4.79 Å². The highest BCUT2D eigenvalue weighted by molar-refractivity contribution is 6.35. The summed E-state index contributed by atoms with van der Waals surface area (Å²) < 4.78 is 0. The van der Waals surface area contributed by atoms with E-state index >= 15 is 0 Å². The fourth-order valence-electron chi connectivity index (χ4n) is 2.28. The molecule has 0 aliphatic rings. The summed E-state index contributed by atoms with van der Waals surface area (Å²) >= 11 is 12.0. The van der Waals surface area contributed by atoms with Gasteiger partial charge in [0, 0.05) is 21.2 Å². The van der Waals surface area contributed by atoms with Crippen molar-refractivity contribution in [3.63, 3.8) is 0 Å². The lowest BCUT2D eigenvalue weighted by atomic mass is 10.0. The van der Waals surface area contributed by atoms with E-state index < -0.39 is 0 Å². The van der Waals surface area contributed by atoms with Crippen LogP contribution in [0.3, 0.4) is 0 Å². The number of hydrogen-bond acceptors (Lipinski definition) is 2. The maximum absolute atomic E-state index is 12.2. The summed E-state index contributed by atoms with van der Waals surface area (Å²) in [4.78, 5) is 12.2. The van der Waals surface area contributed by atoms with Crippen molar-refractivity contribution in [3.05, 3.63) is 94.0 Å². The van der Waals surface area contributed by atoms with E-state index in [1.54, 1.807) is 30.3 Å². The molecule has 0 bridgehead atoms. The lowest BCUT2D eigenvalue weighted by Crippen LogP contribution is -2.17. The van der Waals surface area contributed by atoms with Gasteiger partial charge in [-0.2, -0.15) is 5.10 Å². The molecule has 0 radical (unpaired) electrons. The monoisotopic (exact) mass is 368 g/mol. The molecule has 1 N–H and O–H groups in total. The summed E-state index contributed by atoms with van der Waals surface area (Å²) in [5.41, 5.74) is 5.79. The molecule has 3 nitrogen and oxygen atoms in total. The quantitative estimate of drug-likeness (QED) is 0.484. The van der Waals surface area contributed by atoms with E-state index in [0.717, 1.165) is 11.1 Å². The van der Waals surface area contributed by atoms with Crippen LogP contribution in [-0.4, -0.2) is 12.1 Å². The van der Waals surface area contributed by atoms with Crippen molar-refractivity contribution >= 4 is 35.3 Å². The van der Waals surface area contributed by atoms with Crippen molar-refractivity contribution in [1.82, 2.24) is 5.43 Å². The van der Waals surface area contributed by atoms with Gasteiger partial charge in [0.05, 0.1) is 6.21 Å². The van der Waals surface area contributed by atoms with Gasteiger partial charge in [-0.15, -0.1) is 0 Å². The van der Waals surface area contributed by atoms with Crippen molar-refractivity contribution in [2.45, 2.75) is 0 Å². The average molecular weight is 369 g/mol. The Balaban J connectivity index is 1.67. The van der Waals surface area contributed by atoms with Crippen LogP contribution in [0.25, 0.3) is 11.1 Å². The second-order valence-electron chi connectivity index (χ2n) is 5.31. The third kappa shape index (κ3) is 4.47. The summed E-state index contributed by atoms with van der Waals surface area (Å²) in [6.45, 7) is 0. The molecule has 0 spiro atoms. The molecule has 0 aliphatic carbocycles. The first-order valence-electron chi connectivity index (χ1n) is 7.57. The van der Waals surface area contributed by atoms with Crippen LogP contribution in [0.5, 0.6) is 0 Å². The number of carbonyl (C=O) groups excluding carboxylic acids is 1. The smallest absolute Gasteiger partial charge is 0.267 e. The maximum Gasteiger partial charge on any atom is 0.271 e. The third-order valence-corrected chi connectivity index (χ3v) is 4.16. The van der Waals surface area contributed by atoms with Gasteiger partial charge in [0.1, 0.15) is 0 Å². The molecule has 0 unspecified atom stereocenters. The molecular formula is C20H14Cl2N2O. The summed E-state index contributed by atoms with van der Waals surface area (Å²) in [6, 6.07) is 22.3. The summed E-state index contributed by atoms with van der Waals surface area (Å²) in [5.74, 6) is -0.297. The van der Waals surface area contributed by atoms with Crippen LogP contribution >= 0.6 is 23.2 Å². The zero-order valence-electron chi connectivity index (χ0n) is 13.1. The topological polar surface area (TPSA) is 41.5 Å². The molecule has 0 fully saturated rings. The van der Waals surface area contributed by atoms with Crippen molar-refractivity contribution in [2.75, 3.05) is 0 Å². The number of halogens is 2. The SMILES string of the molecule is O=C(NN=Cc1cc(Cl)ccc1Cl)c1ccc(-c2ccccc2)cc1. The minimum Gasteiger partial charge on any atom is -0.267 e. The molecule has 0 aliphatic heterocycles. The molecule has 0 aromatic heterocycles. The van der Waals surface area contributed by atoms with Crippen LogP contribution in [-0.2, 0) is 0 Å². The van der Waals surface area contributed by atoms with E-state index in [1.807, 2.05) is 42.5 Å². The second-order valence-corrected chi connectivity index (χ2v) is 6.15. The number of nitrogens with one attached hydrogen (secondary N) is 1. The Morgan fingerprint density at radius 3 is 2.28 bits per heavy atom. The number of rotatable bonds is 4. The first-order chi connectivity index (χ1) is 12.1. The molecule has 124 valence electrons. The Hall–Kier alpha value is -2.62. The molecular weight excluding hydrogens is 355 g/mol. The Morgan fingerprint density at radius 1 is 0.880 bits per heavy atom. The van der Waals surface area contributed by atoms with Gasteiger partial charge < -0.3 is 0 Å². The highest BCUT2D eigenvalue weighted by Crippen LogP contribution is 2.20. The number of hydrazone groups is 1. The first-order valence-corrected chi connectivity index (χ1v) is 8.33. The molecule has 3 rings (SSSR count). The van der Waals surface area contributed by atoms with E-state index in [4.69, 9.17) is 23.2 Å². The highest BCUT2D eigenvalue weighted by atomic mass is 35.5. The molecule has 0 saturated carbocycles. The Labute approximate surface area is 155 Å². The van der Waals surface area contributed by atoms with Gasteiger partial charge in [-0.3, -0.25) is 4.79 Å². The van der Waals surface area contributed by atoms with E-state index in [-0.39, 0.29) is 5.91 Å². The van der Waals surface area contributed by atoms with Crippen LogP contribution < -0.4 is 5.43 Å². The van der Waals surface area contributed by atoms with E-state index in [2.05, 4.69) is 10.5 Å². The van der Waals surface area contributed by atoms with Crippen LogP contribution in [0, 0.1) is 0 Å². The van der Waals surface area contributed by atoms with Crippen LogP contribution in [0.2, 0.25) is 10.0 Å². The molecule has 5 heteroatoms. The molecule has 1 amide bonds. The Kier molecular flexibility index (Phi) is 5.49. The van der Waals surface area contributed by atoms with Gasteiger partial charge in [-0.25, -0.2) is 5.43 Å². The first kappa shape index (κ1) is 17.2. The largest absolute Gasteiger partial charge is 0.271 e.